The Morgan fingerprint density at radius 3 is 2.02 bits per heavy atom. The molecular weight excluding hydrogens is 755 g/mol. The van der Waals surface area contributed by atoms with E-state index in [1.54, 1.807) is 11.3 Å². The zero-order chi connectivity index (χ0) is 44.7. The van der Waals surface area contributed by atoms with E-state index < -0.39 is 11.5 Å². The number of fused-ring (bicyclic) bond motifs is 15. The zero-order valence-corrected chi connectivity index (χ0v) is 32.8. The lowest BCUT2D eigenvalue weighted by molar-refractivity contribution is 0.437. The first kappa shape index (κ1) is 26.8. The molecule has 1 aliphatic carbocycles. The summed E-state index contributed by atoms with van der Waals surface area (Å²) in [5.74, 6) is 1.24. The number of anilines is 3. The van der Waals surface area contributed by atoms with E-state index in [2.05, 4.69) is 103 Å². The van der Waals surface area contributed by atoms with Crippen molar-refractivity contribution in [1.82, 2.24) is 0 Å². The van der Waals surface area contributed by atoms with Gasteiger partial charge in [-0.05, 0) is 81.9 Å². The van der Waals surface area contributed by atoms with Gasteiger partial charge in [0.25, 0.3) is 0 Å². The van der Waals surface area contributed by atoms with E-state index in [0.29, 0.717) is 27.6 Å². The van der Waals surface area contributed by atoms with Crippen LogP contribution >= 0.6 is 22.7 Å². The van der Waals surface area contributed by atoms with Gasteiger partial charge in [-0.25, -0.2) is 0 Å². The zero-order valence-electron chi connectivity index (χ0n) is 38.2. The number of para-hydroxylation sites is 2. The second-order valence-corrected chi connectivity index (χ2v) is 17.1. The van der Waals surface area contributed by atoms with Gasteiger partial charge in [-0.15, -0.1) is 22.7 Å². The molecular formula is C55H33NOS2. The Hall–Kier alpha value is -6.98. The van der Waals surface area contributed by atoms with Crippen molar-refractivity contribution in [3.63, 3.8) is 0 Å². The Bertz CT molecular complexity index is 3870. The van der Waals surface area contributed by atoms with Crippen molar-refractivity contribution in [2.75, 3.05) is 4.90 Å². The molecule has 1 aliphatic heterocycles. The first-order chi connectivity index (χ1) is 32.2. The first-order valence-electron chi connectivity index (χ1n) is 23.0. The van der Waals surface area contributed by atoms with Gasteiger partial charge in [-0.2, -0.15) is 0 Å². The molecule has 0 N–H and O–H groups in total. The van der Waals surface area contributed by atoms with E-state index in [1.807, 2.05) is 59.5 Å². The highest BCUT2D eigenvalue weighted by molar-refractivity contribution is 7.26. The second kappa shape index (κ2) is 12.5. The summed E-state index contributed by atoms with van der Waals surface area (Å²) < 4.78 is 74.1. The van der Waals surface area contributed by atoms with Crippen LogP contribution in [0.1, 0.15) is 31.8 Å². The van der Waals surface area contributed by atoms with Crippen molar-refractivity contribution in [3.05, 3.63) is 222 Å². The maximum atomic E-state index is 9.89. The number of benzene rings is 9. The maximum Gasteiger partial charge on any atom is 0.156 e. The number of ether oxygens (including phenoxy) is 1. The SMILES string of the molecule is [2H]c1c([2H])c([2H])c2c(sc3c(N(c4ccc5sc6cccc(-c7ccccc7)c6c5c4)c4cccc5c4Oc4ccccc4C54c5ccccc5-c5ccccc54)c([2H])c([2H])c([2H])c32)c1[2H]. The van der Waals surface area contributed by atoms with Gasteiger partial charge < -0.3 is 9.64 Å². The van der Waals surface area contributed by atoms with Gasteiger partial charge in [-0.1, -0.05) is 152 Å². The van der Waals surface area contributed by atoms with Gasteiger partial charge in [0, 0.05) is 52.5 Å². The topological polar surface area (TPSA) is 12.5 Å². The molecule has 59 heavy (non-hydrogen) atoms. The van der Waals surface area contributed by atoms with Crippen LogP contribution in [-0.4, -0.2) is 0 Å². The molecule has 0 radical (unpaired) electrons. The molecule has 4 heteroatoms. The van der Waals surface area contributed by atoms with Crippen molar-refractivity contribution < 1.29 is 14.3 Å². The van der Waals surface area contributed by atoms with Crippen LogP contribution in [0.5, 0.6) is 11.5 Å². The molecule has 0 amide bonds. The monoisotopic (exact) mass is 794 g/mol. The first-order valence-corrected chi connectivity index (χ1v) is 21.1. The molecule has 3 heterocycles. The third kappa shape index (κ3) is 4.56. The molecule has 13 rings (SSSR count). The molecule has 276 valence electrons. The lowest BCUT2D eigenvalue weighted by Gasteiger charge is -2.41. The van der Waals surface area contributed by atoms with Crippen molar-refractivity contribution >= 4 is 80.1 Å². The number of rotatable bonds is 4. The summed E-state index contributed by atoms with van der Waals surface area (Å²) in [6.07, 6.45) is 0. The van der Waals surface area contributed by atoms with Gasteiger partial charge in [0.15, 0.2) is 5.75 Å². The molecule has 2 aromatic heterocycles. The fourth-order valence-corrected chi connectivity index (χ4v) is 11.9. The van der Waals surface area contributed by atoms with E-state index in [4.69, 9.17) is 10.2 Å². The van der Waals surface area contributed by atoms with Crippen LogP contribution in [0.4, 0.5) is 17.1 Å². The average Bonchev–Trinajstić information content (AvgIpc) is 4.03. The Morgan fingerprint density at radius 2 is 1.17 bits per heavy atom. The van der Waals surface area contributed by atoms with E-state index >= 15 is 0 Å². The van der Waals surface area contributed by atoms with Gasteiger partial charge >= 0.3 is 0 Å². The number of hydrogen-bond donors (Lipinski definition) is 0. The van der Waals surface area contributed by atoms with E-state index in [-0.39, 0.29) is 57.4 Å². The fraction of sp³-hybridized carbons (Fsp3) is 0.0182. The quantitative estimate of drug-likeness (QED) is 0.176. The molecule has 9 aromatic carbocycles. The molecule has 2 aliphatic rings. The molecule has 0 fully saturated rings. The van der Waals surface area contributed by atoms with Crippen LogP contribution in [0.15, 0.2) is 200 Å². The van der Waals surface area contributed by atoms with E-state index in [0.717, 1.165) is 76.0 Å². The number of thiophene rings is 2. The van der Waals surface area contributed by atoms with Crippen molar-refractivity contribution in [2.24, 2.45) is 0 Å². The predicted molar refractivity (Wildman–Crippen MR) is 250 cm³/mol. The summed E-state index contributed by atoms with van der Waals surface area (Å²) in [5, 5.41) is 2.48. The van der Waals surface area contributed by atoms with E-state index in [1.165, 1.54) is 0 Å². The minimum atomic E-state index is -0.797. The summed E-state index contributed by atoms with van der Waals surface area (Å²) in [5.41, 5.74) is 9.33. The van der Waals surface area contributed by atoms with Crippen LogP contribution < -0.4 is 9.64 Å². The largest absolute Gasteiger partial charge is 0.454 e. The number of nitrogens with zero attached hydrogens (tertiary/aromatic N) is 1. The van der Waals surface area contributed by atoms with Crippen LogP contribution in [0.25, 0.3) is 62.6 Å². The highest BCUT2D eigenvalue weighted by atomic mass is 32.1. The molecule has 0 saturated carbocycles. The van der Waals surface area contributed by atoms with Crippen LogP contribution in [0, 0.1) is 0 Å². The smallest absolute Gasteiger partial charge is 0.156 e. The summed E-state index contributed by atoms with van der Waals surface area (Å²) >= 11 is 2.83. The van der Waals surface area contributed by atoms with Gasteiger partial charge in [0.1, 0.15) is 5.75 Å². The highest BCUT2D eigenvalue weighted by Gasteiger charge is 2.51. The summed E-state index contributed by atoms with van der Waals surface area (Å²) in [6, 6.07) is 52.2. The predicted octanol–water partition coefficient (Wildman–Crippen LogP) is 16.0. The van der Waals surface area contributed by atoms with Gasteiger partial charge in [0.2, 0.25) is 0 Å². The molecule has 2 nitrogen and oxygen atoms in total. The average molecular weight is 795 g/mol. The third-order valence-electron chi connectivity index (χ3n) is 12.1. The minimum absolute atomic E-state index is 0.172. The van der Waals surface area contributed by atoms with Crippen LogP contribution in [0.2, 0.25) is 0 Å². The van der Waals surface area contributed by atoms with Crippen molar-refractivity contribution in [2.45, 2.75) is 5.41 Å². The molecule has 0 unspecified atom stereocenters. The Morgan fingerprint density at radius 1 is 0.475 bits per heavy atom. The Labute approximate surface area is 359 Å². The minimum Gasteiger partial charge on any atom is -0.454 e. The molecule has 0 atom stereocenters. The normalized spacial score (nSPS) is 15.0. The van der Waals surface area contributed by atoms with Gasteiger partial charge in [-0.3, -0.25) is 0 Å². The third-order valence-corrected chi connectivity index (χ3v) is 14.3. The summed E-state index contributed by atoms with van der Waals surface area (Å²) in [6.45, 7) is 0. The maximum absolute atomic E-state index is 9.89. The number of hydrogen-bond acceptors (Lipinski definition) is 4. The molecule has 11 aromatic rings. The van der Waals surface area contributed by atoms with Crippen molar-refractivity contribution in [1.29, 1.82) is 0 Å². The standard InChI is InChI=1S/C55H33NOS2/c1-2-15-34(16-3-1)36-20-13-30-51-52(36)41-33-35(31-32-50(41)58-51)56(47-27-12-21-40-39-19-6-11-29-49(39)59-54(40)47)46-26-14-25-45-53(46)57-48-28-10-9-24-44(48)55(45)42-22-7-4-17-37(42)38-18-5-8-23-43(38)55/h1-33H/i6D,11D,12D,19D,21D,27D,29D. The summed E-state index contributed by atoms with van der Waals surface area (Å²) in [7, 11) is 0. The van der Waals surface area contributed by atoms with E-state index in [9.17, 15) is 4.11 Å². The van der Waals surface area contributed by atoms with Crippen LogP contribution in [0.3, 0.4) is 0 Å². The molecule has 0 bridgehead atoms. The highest BCUT2D eigenvalue weighted by Crippen LogP contribution is 2.64. The second-order valence-electron chi connectivity index (χ2n) is 15.0. The van der Waals surface area contributed by atoms with Crippen LogP contribution in [-0.2, 0) is 5.41 Å². The van der Waals surface area contributed by atoms with Gasteiger partial charge in [0.05, 0.1) is 31.1 Å². The molecule has 0 saturated heterocycles. The lowest BCUT2D eigenvalue weighted by Crippen LogP contribution is -2.32. The fourth-order valence-electron chi connectivity index (χ4n) is 9.71. The summed E-state index contributed by atoms with van der Waals surface area (Å²) in [4.78, 5) is 1.97. The Kier molecular flexibility index (Phi) is 5.69. The molecule has 1 spiro atoms. The lowest BCUT2D eigenvalue weighted by atomic mass is 9.66. The van der Waals surface area contributed by atoms with Crippen molar-refractivity contribution in [3.8, 4) is 33.8 Å². The Balaban J connectivity index is 1.18.